The maximum atomic E-state index is 5.66. The number of anilines is 1. The van der Waals surface area contributed by atoms with E-state index in [0.29, 0.717) is 11.7 Å². The second kappa shape index (κ2) is 4.18. The summed E-state index contributed by atoms with van der Waals surface area (Å²) >= 11 is 0. The minimum atomic E-state index is 0.542. The molecule has 2 N–H and O–H groups in total. The highest BCUT2D eigenvalue weighted by molar-refractivity contribution is 5.48. The molecule has 2 aromatic rings. The molecule has 0 fully saturated rings. The molecular weight excluding hydrogens is 202 g/mol. The molecule has 0 bridgehead atoms. The van der Waals surface area contributed by atoms with Crippen molar-refractivity contribution in [1.29, 1.82) is 0 Å². The molecule has 0 saturated carbocycles. The summed E-state index contributed by atoms with van der Waals surface area (Å²) < 4.78 is 5.64. The van der Waals surface area contributed by atoms with Crippen LogP contribution in [0.15, 0.2) is 30.5 Å². The second-order valence-electron chi connectivity index (χ2n) is 3.57. The summed E-state index contributed by atoms with van der Waals surface area (Å²) in [6.45, 7) is 3.77. The van der Waals surface area contributed by atoms with Gasteiger partial charge < -0.3 is 10.5 Å². The van der Waals surface area contributed by atoms with E-state index in [1.54, 1.807) is 18.3 Å². The zero-order chi connectivity index (χ0) is 11.5. The van der Waals surface area contributed by atoms with E-state index < -0.39 is 0 Å². The molecule has 82 valence electrons. The highest BCUT2D eigenvalue weighted by Gasteiger charge is 2.03. The number of hydrogen-bond donors (Lipinski definition) is 1. The number of benzene rings is 1. The van der Waals surface area contributed by atoms with Crippen LogP contribution in [-0.4, -0.2) is 9.97 Å². The molecule has 0 radical (unpaired) electrons. The fourth-order valence-corrected chi connectivity index (χ4v) is 1.39. The fraction of sp³-hybridized carbons (Fsp3) is 0.167. The van der Waals surface area contributed by atoms with E-state index in [1.807, 2.05) is 26.0 Å². The first-order valence-electron chi connectivity index (χ1n) is 4.99. The summed E-state index contributed by atoms with van der Waals surface area (Å²) in [5.41, 5.74) is 7.37. The first kappa shape index (κ1) is 10.4. The number of nitrogens with two attached hydrogens (primary N) is 1. The molecule has 1 heterocycles. The molecule has 0 aliphatic rings. The minimum Gasteiger partial charge on any atom is -0.439 e. The Labute approximate surface area is 94.1 Å². The Bertz CT molecular complexity index is 511. The van der Waals surface area contributed by atoms with E-state index in [9.17, 15) is 0 Å². The van der Waals surface area contributed by atoms with E-state index in [2.05, 4.69) is 9.97 Å². The minimum absolute atomic E-state index is 0.542. The fourth-order valence-electron chi connectivity index (χ4n) is 1.39. The molecule has 1 aromatic heterocycles. The van der Waals surface area contributed by atoms with Gasteiger partial charge in [0, 0.05) is 18.0 Å². The third-order valence-corrected chi connectivity index (χ3v) is 2.16. The summed E-state index contributed by atoms with van der Waals surface area (Å²) in [6.07, 6.45) is 1.67. The summed E-state index contributed by atoms with van der Waals surface area (Å²) in [4.78, 5) is 8.17. The number of aryl methyl sites for hydroxylation is 2. The van der Waals surface area contributed by atoms with Gasteiger partial charge in [-0.2, -0.15) is 4.98 Å². The van der Waals surface area contributed by atoms with Crippen LogP contribution in [-0.2, 0) is 0 Å². The summed E-state index contributed by atoms with van der Waals surface area (Å²) in [5.74, 6) is 1.98. The SMILES string of the molecule is Cc1nccc(Oc2ccc(N)cc2C)n1. The molecule has 4 nitrogen and oxygen atoms in total. The molecule has 0 saturated heterocycles. The summed E-state index contributed by atoms with van der Waals surface area (Å²) in [6, 6.07) is 7.23. The lowest BCUT2D eigenvalue weighted by Crippen LogP contribution is -1.94. The van der Waals surface area contributed by atoms with Crippen molar-refractivity contribution in [2.75, 3.05) is 5.73 Å². The maximum Gasteiger partial charge on any atom is 0.222 e. The molecule has 0 aliphatic heterocycles. The molecule has 0 atom stereocenters. The van der Waals surface area contributed by atoms with Gasteiger partial charge in [-0.3, -0.25) is 0 Å². The highest BCUT2D eigenvalue weighted by Crippen LogP contribution is 2.24. The molecule has 4 heteroatoms. The Morgan fingerprint density at radius 3 is 2.69 bits per heavy atom. The van der Waals surface area contributed by atoms with Gasteiger partial charge >= 0.3 is 0 Å². The smallest absolute Gasteiger partial charge is 0.222 e. The largest absolute Gasteiger partial charge is 0.439 e. The van der Waals surface area contributed by atoms with Gasteiger partial charge in [0.05, 0.1) is 0 Å². The van der Waals surface area contributed by atoms with Crippen LogP contribution < -0.4 is 10.5 Å². The van der Waals surface area contributed by atoms with Crippen molar-refractivity contribution in [3.05, 3.63) is 41.9 Å². The number of hydrogen-bond acceptors (Lipinski definition) is 4. The first-order chi connectivity index (χ1) is 7.65. The van der Waals surface area contributed by atoms with Gasteiger partial charge in [0.2, 0.25) is 5.88 Å². The topological polar surface area (TPSA) is 61.0 Å². The number of ether oxygens (including phenoxy) is 1. The number of nitrogen functional groups attached to an aromatic ring is 1. The third-order valence-electron chi connectivity index (χ3n) is 2.16. The van der Waals surface area contributed by atoms with Crippen LogP contribution in [0, 0.1) is 13.8 Å². The molecule has 2 rings (SSSR count). The van der Waals surface area contributed by atoms with Gasteiger partial charge in [0.15, 0.2) is 0 Å². The molecule has 1 aromatic carbocycles. The van der Waals surface area contributed by atoms with Crippen LogP contribution in [0.2, 0.25) is 0 Å². The van der Waals surface area contributed by atoms with Gasteiger partial charge in [-0.05, 0) is 37.6 Å². The van der Waals surface area contributed by atoms with Crippen molar-refractivity contribution in [3.8, 4) is 11.6 Å². The van der Waals surface area contributed by atoms with E-state index in [0.717, 1.165) is 17.0 Å². The predicted molar refractivity (Wildman–Crippen MR) is 62.4 cm³/mol. The Hall–Kier alpha value is -2.10. The average Bonchev–Trinajstić information content (AvgIpc) is 2.22. The lowest BCUT2D eigenvalue weighted by molar-refractivity contribution is 0.456. The van der Waals surface area contributed by atoms with E-state index in [4.69, 9.17) is 10.5 Å². The summed E-state index contributed by atoms with van der Waals surface area (Å²) in [7, 11) is 0. The predicted octanol–water partition coefficient (Wildman–Crippen LogP) is 2.47. The number of aromatic nitrogens is 2. The maximum absolute atomic E-state index is 5.66. The van der Waals surface area contributed by atoms with Crippen LogP contribution in [0.1, 0.15) is 11.4 Å². The Morgan fingerprint density at radius 2 is 2.00 bits per heavy atom. The third kappa shape index (κ3) is 2.28. The Morgan fingerprint density at radius 1 is 1.19 bits per heavy atom. The van der Waals surface area contributed by atoms with Crippen molar-refractivity contribution in [2.24, 2.45) is 0 Å². The Balaban J connectivity index is 2.27. The van der Waals surface area contributed by atoms with E-state index in [1.165, 1.54) is 0 Å². The van der Waals surface area contributed by atoms with Gasteiger partial charge in [-0.25, -0.2) is 4.98 Å². The van der Waals surface area contributed by atoms with Crippen LogP contribution in [0.4, 0.5) is 5.69 Å². The average molecular weight is 215 g/mol. The van der Waals surface area contributed by atoms with Crippen molar-refractivity contribution < 1.29 is 4.74 Å². The molecule has 0 spiro atoms. The van der Waals surface area contributed by atoms with E-state index in [-0.39, 0.29) is 0 Å². The van der Waals surface area contributed by atoms with Crippen LogP contribution in [0.5, 0.6) is 11.6 Å². The van der Waals surface area contributed by atoms with Crippen molar-refractivity contribution in [2.45, 2.75) is 13.8 Å². The lowest BCUT2D eigenvalue weighted by atomic mass is 10.2. The standard InChI is InChI=1S/C12H13N3O/c1-8-7-10(13)3-4-11(8)16-12-5-6-14-9(2)15-12/h3-7H,13H2,1-2H3. The van der Waals surface area contributed by atoms with Gasteiger partial charge in [-0.15, -0.1) is 0 Å². The quantitative estimate of drug-likeness (QED) is 0.782. The van der Waals surface area contributed by atoms with Gasteiger partial charge in [-0.1, -0.05) is 0 Å². The van der Waals surface area contributed by atoms with Crippen molar-refractivity contribution >= 4 is 5.69 Å². The monoisotopic (exact) mass is 215 g/mol. The molecule has 0 amide bonds. The number of rotatable bonds is 2. The van der Waals surface area contributed by atoms with Crippen LogP contribution in [0.3, 0.4) is 0 Å². The van der Waals surface area contributed by atoms with Gasteiger partial charge in [0.1, 0.15) is 11.6 Å². The molecule has 0 unspecified atom stereocenters. The highest BCUT2D eigenvalue weighted by atomic mass is 16.5. The zero-order valence-corrected chi connectivity index (χ0v) is 9.27. The summed E-state index contributed by atoms with van der Waals surface area (Å²) in [5, 5.41) is 0. The first-order valence-corrected chi connectivity index (χ1v) is 4.99. The normalized spacial score (nSPS) is 10.1. The van der Waals surface area contributed by atoms with E-state index >= 15 is 0 Å². The zero-order valence-electron chi connectivity index (χ0n) is 9.27. The Kier molecular flexibility index (Phi) is 2.72. The van der Waals surface area contributed by atoms with Crippen molar-refractivity contribution in [1.82, 2.24) is 9.97 Å². The molecule has 16 heavy (non-hydrogen) atoms. The van der Waals surface area contributed by atoms with Crippen molar-refractivity contribution in [3.63, 3.8) is 0 Å². The molecular formula is C12H13N3O. The lowest BCUT2D eigenvalue weighted by Gasteiger charge is -2.08. The van der Waals surface area contributed by atoms with Crippen LogP contribution >= 0.6 is 0 Å². The van der Waals surface area contributed by atoms with Crippen LogP contribution in [0.25, 0.3) is 0 Å². The molecule has 0 aliphatic carbocycles. The van der Waals surface area contributed by atoms with Gasteiger partial charge in [0.25, 0.3) is 0 Å². The second-order valence-corrected chi connectivity index (χ2v) is 3.57. The number of nitrogens with zero attached hydrogens (tertiary/aromatic N) is 2.